The van der Waals surface area contributed by atoms with Gasteiger partial charge in [-0.05, 0) is 48.0 Å². The molecule has 1 aliphatic heterocycles. The maximum atomic E-state index is 12.4. The fourth-order valence-electron chi connectivity index (χ4n) is 2.25. The van der Waals surface area contributed by atoms with E-state index in [4.69, 9.17) is 21.1 Å². The van der Waals surface area contributed by atoms with E-state index in [0.717, 1.165) is 0 Å². The zero-order chi connectivity index (χ0) is 18.7. The van der Waals surface area contributed by atoms with Gasteiger partial charge in [-0.2, -0.15) is 8.78 Å². The van der Waals surface area contributed by atoms with Gasteiger partial charge in [0.05, 0.1) is 7.11 Å². The normalized spacial score (nSPS) is 15.2. The molecule has 0 amide bonds. The molecule has 0 unspecified atom stereocenters. The monoisotopic (exact) mass is 379 g/mol. The standard InChI is InChI=1S/C18H12ClF2NO4/c1-24-15-9-10(2-7-14(15)25-18(20)21)8-13-17(23)26-16(22-13)11-3-5-12(19)6-4-11/h2-9,18H,1H3/b13-8+. The molecular formula is C18H12ClF2NO4. The molecule has 0 atom stereocenters. The van der Waals surface area contributed by atoms with Crippen LogP contribution in [0.4, 0.5) is 8.78 Å². The number of carbonyl (C=O) groups is 1. The highest BCUT2D eigenvalue weighted by atomic mass is 35.5. The maximum Gasteiger partial charge on any atom is 0.387 e. The molecule has 3 rings (SSSR count). The Bertz CT molecular complexity index is 895. The van der Waals surface area contributed by atoms with E-state index < -0.39 is 12.6 Å². The third-order valence-electron chi connectivity index (χ3n) is 3.42. The zero-order valence-corrected chi connectivity index (χ0v) is 14.2. The molecule has 0 fully saturated rings. The molecule has 1 heterocycles. The number of ether oxygens (including phenoxy) is 3. The molecule has 0 N–H and O–H groups in total. The van der Waals surface area contributed by atoms with E-state index >= 15 is 0 Å². The topological polar surface area (TPSA) is 57.1 Å². The van der Waals surface area contributed by atoms with Crippen molar-refractivity contribution in [2.45, 2.75) is 6.61 Å². The van der Waals surface area contributed by atoms with E-state index in [1.54, 1.807) is 24.3 Å². The molecule has 0 bridgehead atoms. The lowest BCUT2D eigenvalue weighted by Crippen LogP contribution is -2.05. The Kier molecular flexibility index (Phi) is 5.18. The minimum atomic E-state index is -2.97. The van der Waals surface area contributed by atoms with Crippen molar-refractivity contribution in [2.24, 2.45) is 4.99 Å². The molecule has 2 aromatic carbocycles. The summed E-state index contributed by atoms with van der Waals surface area (Å²) < 4.78 is 39.3. The predicted molar refractivity (Wildman–Crippen MR) is 91.7 cm³/mol. The Morgan fingerprint density at radius 3 is 2.54 bits per heavy atom. The van der Waals surface area contributed by atoms with Gasteiger partial charge in [-0.3, -0.25) is 0 Å². The van der Waals surface area contributed by atoms with Crippen molar-refractivity contribution in [3.63, 3.8) is 0 Å². The summed E-state index contributed by atoms with van der Waals surface area (Å²) in [6.45, 7) is -2.97. The Morgan fingerprint density at radius 2 is 1.88 bits per heavy atom. The second-order valence-corrected chi connectivity index (χ2v) is 5.57. The highest BCUT2D eigenvalue weighted by Crippen LogP contribution is 2.31. The van der Waals surface area contributed by atoms with E-state index in [1.165, 1.54) is 31.4 Å². The summed E-state index contributed by atoms with van der Waals surface area (Å²) in [6.07, 6.45) is 1.46. The van der Waals surface area contributed by atoms with Crippen LogP contribution in [0.2, 0.25) is 5.02 Å². The van der Waals surface area contributed by atoms with E-state index in [0.29, 0.717) is 16.1 Å². The first-order chi connectivity index (χ1) is 12.5. The first-order valence-electron chi connectivity index (χ1n) is 7.37. The number of nitrogens with zero attached hydrogens (tertiary/aromatic N) is 1. The van der Waals surface area contributed by atoms with Crippen LogP contribution in [0.1, 0.15) is 11.1 Å². The summed E-state index contributed by atoms with van der Waals surface area (Å²) in [4.78, 5) is 16.2. The number of carbonyl (C=O) groups excluding carboxylic acids is 1. The summed E-state index contributed by atoms with van der Waals surface area (Å²) in [6, 6.07) is 10.9. The van der Waals surface area contributed by atoms with Gasteiger partial charge in [-0.25, -0.2) is 9.79 Å². The summed E-state index contributed by atoms with van der Waals surface area (Å²) in [5.74, 6) is -0.471. The highest BCUT2D eigenvalue weighted by molar-refractivity contribution is 6.30. The third kappa shape index (κ3) is 4.00. The zero-order valence-electron chi connectivity index (χ0n) is 13.4. The van der Waals surface area contributed by atoms with E-state index in [-0.39, 0.29) is 23.1 Å². The molecule has 26 heavy (non-hydrogen) atoms. The molecule has 0 saturated heterocycles. The van der Waals surface area contributed by atoms with Gasteiger partial charge >= 0.3 is 12.6 Å². The van der Waals surface area contributed by atoms with E-state index in [1.807, 2.05) is 0 Å². The maximum absolute atomic E-state index is 12.4. The summed E-state index contributed by atoms with van der Waals surface area (Å²) in [5, 5.41) is 0.549. The quantitative estimate of drug-likeness (QED) is 0.574. The molecule has 8 heteroatoms. The molecule has 1 aliphatic rings. The van der Waals surface area contributed by atoms with Crippen LogP contribution in [-0.4, -0.2) is 25.6 Å². The van der Waals surface area contributed by atoms with Gasteiger partial charge in [-0.15, -0.1) is 0 Å². The van der Waals surface area contributed by atoms with E-state index in [9.17, 15) is 13.6 Å². The molecule has 2 aromatic rings. The number of methoxy groups -OCH3 is 1. The van der Waals surface area contributed by atoms with Crippen molar-refractivity contribution in [1.82, 2.24) is 0 Å². The Hall–Kier alpha value is -2.93. The number of esters is 1. The molecule has 0 aliphatic carbocycles. The van der Waals surface area contributed by atoms with Crippen LogP contribution in [-0.2, 0) is 9.53 Å². The van der Waals surface area contributed by atoms with Crippen molar-refractivity contribution >= 4 is 29.5 Å². The molecule has 134 valence electrons. The molecule has 0 aromatic heterocycles. The molecule has 5 nitrogen and oxygen atoms in total. The van der Waals surface area contributed by atoms with Crippen LogP contribution in [0.5, 0.6) is 11.5 Å². The first kappa shape index (κ1) is 17.9. The lowest BCUT2D eigenvalue weighted by Gasteiger charge is -2.10. The number of aliphatic imine (C=N–C) groups is 1. The average Bonchev–Trinajstić information content (AvgIpc) is 2.97. The first-order valence-corrected chi connectivity index (χ1v) is 7.75. The third-order valence-corrected chi connectivity index (χ3v) is 3.67. The fraction of sp³-hybridized carbons (Fsp3) is 0.111. The lowest BCUT2D eigenvalue weighted by atomic mass is 10.1. The van der Waals surface area contributed by atoms with Crippen molar-refractivity contribution in [3.8, 4) is 11.5 Å². The number of alkyl halides is 2. The van der Waals surface area contributed by atoms with Crippen molar-refractivity contribution in [3.05, 3.63) is 64.3 Å². The number of hydrogen-bond acceptors (Lipinski definition) is 5. The van der Waals surface area contributed by atoms with Crippen LogP contribution in [0, 0.1) is 0 Å². The van der Waals surface area contributed by atoms with Gasteiger partial charge in [0.15, 0.2) is 17.2 Å². The summed E-state index contributed by atoms with van der Waals surface area (Å²) >= 11 is 5.83. The minimum Gasteiger partial charge on any atom is -0.493 e. The number of cyclic esters (lactones) is 1. The molecule has 0 radical (unpaired) electrons. The molecule has 0 saturated carbocycles. The molecular weight excluding hydrogens is 368 g/mol. The fourth-order valence-corrected chi connectivity index (χ4v) is 2.38. The van der Waals surface area contributed by atoms with Crippen LogP contribution in [0.15, 0.2) is 53.2 Å². The van der Waals surface area contributed by atoms with Crippen molar-refractivity contribution < 1.29 is 27.8 Å². The van der Waals surface area contributed by atoms with Crippen LogP contribution in [0.3, 0.4) is 0 Å². The van der Waals surface area contributed by atoms with E-state index in [2.05, 4.69) is 9.73 Å². The number of rotatable bonds is 5. The van der Waals surface area contributed by atoms with Crippen molar-refractivity contribution in [1.29, 1.82) is 0 Å². The van der Waals surface area contributed by atoms with Gasteiger partial charge in [-0.1, -0.05) is 17.7 Å². The van der Waals surface area contributed by atoms with Crippen LogP contribution < -0.4 is 9.47 Å². The van der Waals surface area contributed by atoms with Gasteiger partial charge in [0, 0.05) is 10.6 Å². The highest BCUT2D eigenvalue weighted by Gasteiger charge is 2.24. The Morgan fingerprint density at radius 1 is 1.15 bits per heavy atom. The SMILES string of the molecule is COc1cc(/C=C2/N=C(c3ccc(Cl)cc3)OC2=O)ccc1OC(F)F. The second kappa shape index (κ2) is 7.53. The van der Waals surface area contributed by atoms with Gasteiger partial charge < -0.3 is 14.2 Å². The minimum absolute atomic E-state index is 0.0690. The largest absolute Gasteiger partial charge is 0.493 e. The van der Waals surface area contributed by atoms with Crippen LogP contribution in [0.25, 0.3) is 6.08 Å². The van der Waals surface area contributed by atoms with Crippen molar-refractivity contribution in [2.75, 3.05) is 7.11 Å². The van der Waals surface area contributed by atoms with Gasteiger partial charge in [0.25, 0.3) is 0 Å². The summed E-state index contributed by atoms with van der Waals surface area (Å²) in [7, 11) is 1.32. The summed E-state index contributed by atoms with van der Waals surface area (Å²) in [5.41, 5.74) is 1.18. The molecule has 0 spiro atoms. The van der Waals surface area contributed by atoms with Crippen LogP contribution >= 0.6 is 11.6 Å². The number of benzene rings is 2. The number of halogens is 3. The second-order valence-electron chi connectivity index (χ2n) is 5.13. The average molecular weight is 380 g/mol. The smallest absolute Gasteiger partial charge is 0.387 e. The number of hydrogen-bond donors (Lipinski definition) is 0. The Labute approximate surface area is 152 Å². The lowest BCUT2D eigenvalue weighted by molar-refractivity contribution is -0.129. The van der Waals surface area contributed by atoms with Gasteiger partial charge in [0.2, 0.25) is 5.90 Å². The van der Waals surface area contributed by atoms with Gasteiger partial charge in [0.1, 0.15) is 0 Å². The predicted octanol–water partition coefficient (Wildman–Crippen LogP) is 4.29. The Balaban J connectivity index is 1.89.